The van der Waals surface area contributed by atoms with Crippen molar-refractivity contribution in [3.05, 3.63) is 12.7 Å². The van der Waals surface area contributed by atoms with Crippen LogP contribution in [0.25, 0.3) is 0 Å². The van der Waals surface area contributed by atoms with Crippen LogP contribution in [0.5, 0.6) is 0 Å². The molecule has 2 amide bonds. The Kier molecular flexibility index (Phi) is 5.68. The molecule has 1 N–H and O–H groups in total. The summed E-state index contributed by atoms with van der Waals surface area (Å²) in [7, 11) is 0. The lowest BCUT2D eigenvalue weighted by molar-refractivity contribution is -0.137. The third-order valence-electron chi connectivity index (χ3n) is 2.91. The van der Waals surface area contributed by atoms with Gasteiger partial charge in [-0.1, -0.05) is 13.0 Å². The standard InChI is InChI=1S/C13H22N2O3/c1-3-8-14(9-4-2)13(18)15(11-5-6-11)10-7-12(16)17/h3,11H,1,4-10H2,2H3,(H,16,17). The molecule has 0 heterocycles. The van der Waals surface area contributed by atoms with E-state index in [0.717, 1.165) is 19.3 Å². The van der Waals surface area contributed by atoms with Crippen LogP contribution in [0.1, 0.15) is 32.6 Å². The van der Waals surface area contributed by atoms with Crippen LogP contribution in [0.2, 0.25) is 0 Å². The molecule has 0 atom stereocenters. The molecule has 18 heavy (non-hydrogen) atoms. The van der Waals surface area contributed by atoms with Crippen LogP contribution in [0, 0.1) is 0 Å². The smallest absolute Gasteiger partial charge is 0.320 e. The molecule has 0 spiro atoms. The minimum atomic E-state index is -0.862. The number of urea groups is 1. The minimum Gasteiger partial charge on any atom is -0.481 e. The van der Waals surface area contributed by atoms with Gasteiger partial charge in [-0.15, -0.1) is 6.58 Å². The third-order valence-corrected chi connectivity index (χ3v) is 2.91. The Morgan fingerprint density at radius 2 is 2.06 bits per heavy atom. The largest absolute Gasteiger partial charge is 0.481 e. The van der Waals surface area contributed by atoms with Crippen LogP contribution in [0.15, 0.2) is 12.7 Å². The fourth-order valence-electron chi connectivity index (χ4n) is 1.91. The Morgan fingerprint density at radius 1 is 1.39 bits per heavy atom. The summed E-state index contributed by atoms with van der Waals surface area (Å²) < 4.78 is 0. The molecule has 5 nitrogen and oxygen atoms in total. The molecule has 0 radical (unpaired) electrons. The van der Waals surface area contributed by atoms with Gasteiger partial charge in [0.25, 0.3) is 0 Å². The van der Waals surface area contributed by atoms with Gasteiger partial charge in [-0.25, -0.2) is 4.79 Å². The zero-order chi connectivity index (χ0) is 13.5. The number of hydrogen-bond donors (Lipinski definition) is 1. The molecule has 0 aromatic carbocycles. The van der Waals surface area contributed by atoms with E-state index in [4.69, 9.17) is 5.11 Å². The number of carbonyl (C=O) groups is 2. The fraction of sp³-hybridized carbons (Fsp3) is 0.692. The zero-order valence-electron chi connectivity index (χ0n) is 11.0. The molecule has 0 aromatic rings. The second-order valence-corrected chi connectivity index (χ2v) is 4.59. The van der Waals surface area contributed by atoms with Gasteiger partial charge in [0, 0.05) is 25.7 Å². The highest BCUT2D eigenvalue weighted by atomic mass is 16.4. The summed E-state index contributed by atoms with van der Waals surface area (Å²) in [5.74, 6) is -0.862. The molecule has 0 saturated heterocycles. The quantitative estimate of drug-likeness (QED) is 0.673. The summed E-state index contributed by atoms with van der Waals surface area (Å²) >= 11 is 0. The summed E-state index contributed by atoms with van der Waals surface area (Å²) in [5.41, 5.74) is 0. The molecule has 0 aliphatic heterocycles. The number of carbonyl (C=O) groups excluding carboxylic acids is 1. The minimum absolute atomic E-state index is 0.0102. The van der Waals surface area contributed by atoms with Gasteiger partial charge >= 0.3 is 12.0 Å². The van der Waals surface area contributed by atoms with Crippen LogP contribution < -0.4 is 0 Å². The molecule has 0 bridgehead atoms. The Morgan fingerprint density at radius 3 is 2.50 bits per heavy atom. The molecule has 5 heteroatoms. The van der Waals surface area contributed by atoms with Gasteiger partial charge in [-0.2, -0.15) is 0 Å². The van der Waals surface area contributed by atoms with E-state index in [-0.39, 0.29) is 18.5 Å². The van der Waals surface area contributed by atoms with E-state index in [1.165, 1.54) is 0 Å². The zero-order valence-corrected chi connectivity index (χ0v) is 11.0. The predicted octanol–water partition coefficient (Wildman–Crippen LogP) is 1.94. The van der Waals surface area contributed by atoms with Crippen LogP contribution in [-0.4, -0.2) is 52.6 Å². The van der Waals surface area contributed by atoms with Crippen LogP contribution in [0.3, 0.4) is 0 Å². The first-order valence-corrected chi connectivity index (χ1v) is 6.48. The van der Waals surface area contributed by atoms with Crippen molar-refractivity contribution >= 4 is 12.0 Å². The van der Waals surface area contributed by atoms with Crippen molar-refractivity contribution in [2.24, 2.45) is 0 Å². The number of hydrogen-bond acceptors (Lipinski definition) is 2. The maximum Gasteiger partial charge on any atom is 0.320 e. The molecule has 102 valence electrons. The summed E-state index contributed by atoms with van der Waals surface area (Å²) in [5, 5.41) is 8.72. The molecule has 1 aliphatic rings. The summed E-state index contributed by atoms with van der Waals surface area (Å²) in [4.78, 5) is 26.4. The number of carboxylic acids is 1. The Labute approximate surface area is 108 Å². The van der Waals surface area contributed by atoms with E-state index < -0.39 is 5.97 Å². The summed E-state index contributed by atoms with van der Waals surface area (Å²) in [6, 6.07) is 0.182. The predicted molar refractivity (Wildman–Crippen MR) is 69.4 cm³/mol. The summed E-state index contributed by atoms with van der Waals surface area (Å²) in [6.45, 7) is 7.17. The second kappa shape index (κ2) is 7.03. The van der Waals surface area contributed by atoms with Crippen LogP contribution in [-0.2, 0) is 4.79 Å². The van der Waals surface area contributed by atoms with Crippen molar-refractivity contribution in [2.75, 3.05) is 19.6 Å². The number of rotatable bonds is 8. The normalized spacial score (nSPS) is 14.1. The first kappa shape index (κ1) is 14.5. The molecule has 1 fully saturated rings. The highest BCUT2D eigenvalue weighted by Gasteiger charge is 2.34. The maximum absolute atomic E-state index is 12.3. The topological polar surface area (TPSA) is 60.9 Å². The van der Waals surface area contributed by atoms with E-state index in [2.05, 4.69) is 6.58 Å². The maximum atomic E-state index is 12.3. The van der Waals surface area contributed by atoms with E-state index in [0.29, 0.717) is 19.6 Å². The fourth-order valence-corrected chi connectivity index (χ4v) is 1.91. The van der Waals surface area contributed by atoms with Gasteiger partial charge in [0.2, 0.25) is 0 Å². The highest BCUT2D eigenvalue weighted by molar-refractivity contribution is 5.76. The van der Waals surface area contributed by atoms with Crippen molar-refractivity contribution in [1.82, 2.24) is 9.80 Å². The third kappa shape index (κ3) is 4.39. The molecule has 0 unspecified atom stereocenters. The Balaban J connectivity index is 2.60. The van der Waals surface area contributed by atoms with Gasteiger partial charge in [-0.05, 0) is 19.3 Å². The van der Waals surface area contributed by atoms with Crippen molar-refractivity contribution in [3.8, 4) is 0 Å². The molecule has 1 saturated carbocycles. The lowest BCUT2D eigenvalue weighted by atomic mass is 10.3. The van der Waals surface area contributed by atoms with Crippen molar-refractivity contribution in [1.29, 1.82) is 0 Å². The van der Waals surface area contributed by atoms with Gasteiger partial charge < -0.3 is 14.9 Å². The van der Waals surface area contributed by atoms with Gasteiger partial charge in [0.1, 0.15) is 0 Å². The van der Waals surface area contributed by atoms with Gasteiger partial charge in [0.05, 0.1) is 6.42 Å². The number of carboxylic acid groups (broad SMARTS) is 1. The van der Waals surface area contributed by atoms with Crippen LogP contribution in [0.4, 0.5) is 4.79 Å². The van der Waals surface area contributed by atoms with Crippen molar-refractivity contribution in [2.45, 2.75) is 38.6 Å². The summed E-state index contributed by atoms with van der Waals surface area (Å²) in [6.07, 6.45) is 4.57. The van der Waals surface area contributed by atoms with Crippen molar-refractivity contribution < 1.29 is 14.7 Å². The van der Waals surface area contributed by atoms with Gasteiger partial charge in [0.15, 0.2) is 0 Å². The monoisotopic (exact) mass is 254 g/mol. The number of amides is 2. The molecular formula is C13H22N2O3. The van der Waals surface area contributed by atoms with E-state index in [1.807, 2.05) is 6.92 Å². The number of nitrogens with zero attached hydrogens (tertiary/aromatic N) is 2. The molecule has 1 rings (SSSR count). The molecule has 0 aromatic heterocycles. The van der Waals surface area contributed by atoms with E-state index in [9.17, 15) is 9.59 Å². The average molecular weight is 254 g/mol. The van der Waals surface area contributed by atoms with E-state index in [1.54, 1.807) is 15.9 Å². The second-order valence-electron chi connectivity index (χ2n) is 4.59. The lowest BCUT2D eigenvalue weighted by Gasteiger charge is -2.29. The average Bonchev–Trinajstić information content (AvgIpc) is 3.13. The van der Waals surface area contributed by atoms with Gasteiger partial charge in [-0.3, -0.25) is 4.79 Å². The SMILES string of the molecule is C=CCN(CCC)C(=O)N(CCC(=O)O)C1CC1. The lowest BCUT2D eigenvalue weighted by Crippen LogP contribution is -2.45. The molecule has 1 aliphatic carbocycles. The van der Waals surface area contributed by atoms with Crippen LogP contribution >= 0.6 is 0 Å². The van der Waals surface area contributed by atoms with Crippen molar-refractivity contribution in [3.63, 3.8) is 0 Å². The Bertz CT molecular complexity index is 313. The highest BCUT2D eigenvalue weighted by Crippen LogP contribution is 2.28. The Hall–Kier alpha value is -1.52. The first-order valence-electron chi connectivity index (χ1n) is 6.48. The van der Waals surface area contributed by atoms with E-state index >= 15 is 0 Å². The molecular weight excluding hydrogens is 232 g/mol. The number of aliphatic carboxylic acids is 1. The first-order chi connectivity index (χ1) is 8.60.